The molecule has 5 rings (SSSR count). The first kappa shape index (κ1) is 21.3. The zero-order chi connectivity index (χ0) is 21.5. The molecule has 0 bridgehead atoms. The van der Waals surface area contributed by atoms with Crippen LogP contribution in [0.4, 0.5) is 0 Å². The number of aliphatic hydroxyl groups excluding tert-OH is 1. The molecule has 1 heterocycles. The maximum Gasteiger partial charge on any atom is 0.107 e. The molecule has 2 heteroatoms. The van der Waals surface area contributed by atoms with Gasteiger partial charge in [-0.15, -0.1) is 0 Å². The lowest BCUT2D eigenvalue weighted by molar-refractivity contribution is -0.0527. The van der Waals surface area contributed by atoms with E-state index in [9.17, 15) is 5.11 Å². The van der Waals surface area contributed by atoms with Crippen LogP contribution in [0.25, 0.3) is 0 Å². The minimum absolute atomic E-state index is 0.0480. The Hall–Kier alpha value is -0.600. The second-order valence-corrected chi connectivity index (χ2v) is 12.6. The third-order valence-electron chi connectivity index (χ3n) is 10.9. The molecule has 1 N–H and O–H groups in total. The summed E-state index contributed by atoms with van der Waals surface area (Å²) in [6.07, 6.45) is 16.0. The Labute approximate surface area is 184 Å². The summed E-state index contributed by atoms with van der Waals surface area (Å²) in [5.41, 5.74) is 2.38. The second-order valence-electron chi connectivity index (χ2n) is 12.6. The molecular formula is C28H44O2. The summed E-state index contributed by atoms with van der Waals surface area (Å²) in [6.45, 7) is 14.6. The summed E-state index contributed by atoms with van der Waals surface area (Å²) < 4.78 is 6.43. The summed E-state index contributed by atoms with van der Waals surface area (Å²) in [7, 11) is 0. The number of hydrogen-bond donors (Lipinski definition) is 1. The van der Waals surface area contributed by atoms with Crippen LogP contribution in [-0.2, 0) is 4.74 Å². The van der Waals surface area contributed by atoms with E-state index in [-0.39, 0.29) is 23.2 Å². The molecule has 0 aromatic carbocycles. The highest BCUT2D eigenvalue weighted by molar-refractivity contribution is 5.38. The van der Waals surface area contributed by atoms with Crippen LogP contribution < -0.4 is 0 Å². The second kappa shape index (κ2) is 6.95. The van der Waals surface area contributed by atoms with Crippen LogP contribution in [0.1, 0.15) is 86.5 Å². The van der Waals surface area contributed by atoms with Gasteiger partial charge in [-0.3, -0.25) is 0 Å². The van der Waals surface area contributed by atoms with Crippen molar-refractivity contribution < 1.29 is 9.84 Å². The van der Waals surface area contributed by atoms with Gasteiger partial charge in [-0.1, -0.05) is 65.3 Å². The normalized spacial score (nSPS) is 51.6. The minimum atomic E-state index is -0.163. The molecule has 1 aliphatic heterocycles. The van der Waals surface area contributed by atoms with Crippen LogP contribution in [0.15, 0.2) is 23.8 Å². The molecule has 1 saturated heterocycles. The lowest BCUT2D eigenvalue weighted by Gasteiger charge is -2.56. The predicted octanol–water partition coefficient (Wildman–Crippen LogP) is 6.54. The largest absolute Gasteiger partial charge is 0.393 e. The third kappa shape index (κ3) is 2.81. The number of rotatable bonds is 4. The molecule has 0 aromatic rings. The Bertz CT molecular complexity index is 752. The number of hydrogen-bond acceptors (Lipinski definition) is 2. The van der Waals surface area contributed by atoms with E-state index in [0.717, 1.165) is 37.0 Å². The molecule has 0 radical (unpaired) electrons. The fraction of sp³-hybridized carbons (Fsp3) is 0.857. The average molecular weight is 413 g/mol. The molecule has 0 amide bonds. The van der Waals surface area contributed by atoms with Crippen molar-refractivity contribution in [1.82, 2.24) is 0 Å². The van der Waals surface area contributed by atoms with Gasteiger partial charge in [-0.25, -0.2) is 0 Å². The average Bonchev–Trinajstić information content (AvgIpc) is 3.27. The number of ether oxygens (including phenoxy) is 1. The Morgan fingerprint density at radius 2 is 1.77 bits per heavy atom. The maximum atomic E-state index is 10.4. The summed E-state index contributed by atoms with van der Waals surface area (Å²) in [4.78, 5) is 0. The third-order valence-corrected chi connectivity index (χ3v) is 10.9. The Morgan fingerprint density at radius 1 is 1.00 bits per heavy atom. The van der Waals surface area contributed by atoms with E-state index in [2.05, 4.69) is 59.8 Å². The highest BCUT2D eigenvalue weighted by Gasteiger charge is 2.73. The van der Waals surface area contributed by atoms with Gasteiger partial charge >= 0.3 is 0 Å². The van der Waals surface area contributed by atoms with Gasteiger partial charge in [0, 0.05) is 11.8 Å². The molecule has 5 unspecified atom stereocenters. The maximum absolute atomic E-state index is 10.4. The predicted molar refractivity (Wildman–Crippen MR) is 123 cm³/mol. The van der Waals surface area contributed by atoms with Crippen molar-refractivity contribution in [3.05, 3.63) is 23.8 Å². The number of aliphatic hydroxyl groups is 1. The molecular weight excluding hydrogens is 368 g/mol. The van der Waals surface area contributed by atoms with Crippen molar-refractivity contribution in [2.75, 3.05) is 0 Å². The Balaban J connectivity index is 1.40. The highest BCUT2D eigenvalue weighted by Crippen LogP contribution is 2.72. The van der Waals surface area contributed by atoms with Crippen molar-refractivity contribution in [1.29, 1.82) is 0 Å². The van der Waals surface area contributed by atoms with E-state index < -0.39 is 0 Å². The molecule has 1 spiro atoms. The molecule has 168 valence electrons. The molecule has 10 atom stereocenters. The van der Waals surface area contributed by atoms with E-state index in [4.69, 9.17) is 4.74 Å². The van der Waals surface area contributed by atoms with Crippen LogP contribution in [0.2, 0.25) is 0 Å². The molecule has 4 aliphatic carbocycles. The van der Waals surface area contributed by atoms with Gasteiger partial charge in [-0.2, -0.15) is 0 Å². The molecule has 4 fully saturated rings. The molecule has 3 saturated carbocycles. The van der Waals surface area contributed by atoms with Crippen molar-refractivity contribution >= 4 is 0 Å². The molecule has 2 nitrogen and oxygen atoms in total. The van der Waals surface area contributed by atoms with E-state index in [1.807, 2.05) is 0 Å². The smallest absolute Gasteiger partial charge is 0.107 e. The quantitative estimate of drug-likeness (QED) is 0.420. The molecule has 0 aromatic heterocycles. The van der Waals surface area contributed by atoms with Crippen LogP contribution in [0.5, 0.6) is 0 Å². The van der Waals surface area contributed by atoms with Crippen LogP contribution >= 0.6 is 0 Å². The first-order valence-electron chi connectivity index (χ1n) is 12.9. The molecule has 30 heavy (non-hydrogen) atoms. The van der Waals surface area contributed by atoms with Crippen molar-refractivity contribution in [3.63, 3.8) is 0 Å². The first-order chi connectivity index (χ1) is 14.1. The lowest BCUT2D eigenvalue weighted by Crippen LogP contribution is -2.55. The Morgan fingerprint density at radius 3 is 2.50 bits per heavy atom. The summed E-state index contributed by atoms with van der Waals surface area (Å²) in [5, 5.41) is 10.4. The van der Waals surface area contributed by atoms with E-state index in [0.29, 0.717) is 23.2 Å². The number of allylic oxidation sites excluding steroid dienone is 3. The fourth-order valence-corrected chi connectivity index (χ4v) is 8.52. The standard InChI is InChI=1S/C28H44O2/c1-17(2)18(3)7-8-19(4)22-9-10-23-21-15-25-28(30-25)16-20(29)11-14-27(28,6)24(21)12-13-26(22,23)5/h7-8,15,17-20,22-25,29H,9-14,16H2,1-6H3/b8-7+/t18-,19+,20-,22?,23?,24?,25?,26+,27+,28?/m0/s1. The van der Waals surface area contributed by atoms with Crippen LogP contribution in [-0.4, -0.2) is 22.9 Å². The minimum Gasteiger partial charge on any atom is -0.393 e. The summed E-state index contributed by atoms with van der Waals surface area (Å²) >= 11 is 0. The van der Waals surface area contributed by atoms with Crippen molar-refractivity contribution in [2.24, 2.45) is 46.3 Å². The van der Waals surface area contributed by atoms with Crippen molar-refractivity contribution in [2.45, 2.75) is 104 Å². The first-order valence-corrected chi connectivity index (χ1v) is 12.9. The topological polar surface area (TPSA) is 32.8 Å². The SMILES string of the molecule is CC(C)[C@@H](C)/C=C/[C@@H](C)C1CCC2C3=CC4OC45C[C@@H](O)CC[C@]5(C)C3CC[C@@]21C. The van der Waals surface area contributed by atoms with E-state index >= 15 is 0 Å². The van der Waals surface area contributed by atoms with Crippen LogP contribution in [0, 0.1) is 46.3 Å². The summed E-state index contributed by atoms with van der Waals surface area (Å²) in [5.74, 6) is 4.26. The lowest BCUT2D eigenvalue weighted by atomic mass is 9.47. The van der Waals surface area contributed by atoms with Gasteiger partial charge in [-0.05, 0) is 79.4 Å². The van der Waals surface area contributed by atoms with Gasteiger partial charge in [0.05, 0.1) is 6.10 Å². The van der Waals surface area contributed by atoms with Gasteiger partial charge in [0.25, 0.3) is 0 Å². The fourth-order valence-electron chi connectivity index (χ4n) is 8.52. The van der Waals surface area contributed by atoms with Gasteiger partial charge < -0.3 is 9.84 Å². The van der Waals surface area contributed by atoms with Crippen LogP contribution in [0.3, 0.4) is 0 Å². The van der Waals surface area contributed by atoms with E-state index in [1.165, 1.54) is 25.7 Å². The summed E-state index contributed by atoms with van der Waals surface area (Å²) in [6, 6.07) is 0. The van der Waals surface area contributed by atoms with E-state index in [1.54, 1.807) is 5.57 Å². The van der Waals surface area contributed by atoms with Gasteiger partial charge in [0.15, 0.2) is 0 Å². The highest BCUT2D eigenvalue weighted by atomic mass is 16.6. The zero-order valence-corrected chi connectivity index (χ0v) is 20.2. The molecule has 5 aliphatic rings. The number of fused-ring (bicyclic) bond motifs is 4. The van der Waals surface area contributed by atoms with Gasteiger partial charge in [0.1, 0.15) is 11.7 Å². The van der Waals surface area contributed by atoms with Gasteiger partial charge in [0.2, 0.25) is 0 Å². The monoisotopic (exact) mass is 412 g/mol. The number of epoxide rings is 1. The Kier molecular flexibility index (Phi) is 4.92. The zero-order valence-electron chi connectivity index (χ0n) is 20.2. The van der Waals surface area contributed by atoms with Crippen molar-refractivity contribution in [3.8, 4) is 0 Å².